The second-order valence-electron chi connectivity index (χ2n) is 7.30. The minimum absolute atomic E-state index is 0.122. The first-order chi connectivity index (χ1) is 15.0. The molecule has 1 aromatic heterocycles. The van der Waals surface area contributed by atoms with Crippen LogP contribution in [-0.2, 0) is 6.54 Å². The highest BCUT2D eigenvalue weighted by atomic mass is 16.3. The minimum atomic E-state index is -0.165. The number of fused-ring (bicyclic) bond motifs is 1. The van der Waals surface area contributed by atoms with Gasteiger partial charge in [0.05, 0.1) is 17.4 Å². The predicted molar refractivity (Wildman–Crippen MR) is 122 cm³/mol. The number of amides is 1. The SMILES string of the molecule is C#CCN(Cc1ccc2nc(C)[nH]c(=O)c2c1)c1ccc(C(=O)NCCCCO)cc1. The minimum Gasteiger partial charge on any atom is -0.396 e. The number of rotatable bonds is 9. The molecule has 31 heavy (non-hydrogen) atoms. The number of carbonyl (C=O) groups is 1. The number of aliphatic hydroxyl groups excluding tert-OH is 1. The highest BCUT2D eigenvalue weighted by Crippen LogP contribution is 2.19. The Morgan fingerprint density at radius 1 is 1.23 bits per heavy atom. The van der Waals surface area contributed by atoms with Crippen LogP contribution >= 0.6 is 0 Å². The van der Waals surface area contributed by atoms with Gasteiger partial charge in [-0.05, 0) is 61.7 Å². The molecule has 160 valence electrons. The van der Waals surface area contributed by atoms with Gasteiger partial charge in [0.15, 0.2) is 0 Å². The average Bonchev–Trinajstić information content (AvgIpc) is 2.77. The van der Waals surface area contributed by atoms with E-state index >= 15 is 0 Å². The number of carbonyl (C=O) groups excluding carboxylic acids is 1. The molecule has 0 saturated heterocycles. The molecular weight excluding hydrogens is 392 g/mol. The number of nitrogens with zero attached hydrogens (tertiary/aromatic N) is 2. The van der Waals surface area contributed by atoms with Gasteiger partial charge < -0.3 is 20.3 Å². The molecule has 0 radical (unpaired) electrons. The molecular formula is C24H26N4O3. The van der Waals surface area contributed by atoms with Gasteiger partial charge in [-0.3, -0.25) is 9.59 Å². The largest absolute Gasteiger partial charge is 0.396 e. The fraction of sp³-hybridized carbons (Fsp3) is 0.292. The molecule has 0 aliphatic rings. The Labute approximate surface area is 181 Å². The number of unbranched alkanes of at least 4 members (excludes halogenated alkanes) is 1. The molecule has 1 heterocycles. The number of aliphatic hydroxyl groups is 1. The van der Waals surface area contributed by atoms with Crippen molar-refractivity contribution < 1.29 is 9.90 Å². The van der Waals surface area contributed by atoms with E-state index in [4.69, 9.17) is 11.5 Å². The van der Waals surface area contributed by atoms with Gasteiger partial charge in [0, 0.05) is 30.9 Å². The van der Waals surface area contributed by atoms with Crippen LogP contribution in [0.15, 0.2) is 47.3 Å². The Hall–Kier alpha value is -3.63. The van der Waals surface area contributed by atoms with Crippen molar-refractivity contribution in [3.8, 4) is 12.3 Å². The number of terminal acetylenes is 1. The third-order valence-corrected chi connectivity index (χ3v) is 4.91. The number of hydrogen-bond donors (Lipinski definition) is 3. The summed E-state index contributed by atoms with van der Waals surface area (Å²) in [5, 5.41) is 12.2. The lowest BCUT2D eigenvalue weighted by atomic mass is 10.1. The van der Waals surface area contributed by atoms with Crippen molar-refractivity contribution in [1.29, 1.82) is 0 Å². The Bertz CT molecular complexity index is 1150. The van der Waals surface area contributed by atoms with E-state index in [1.54, 1.807) is 19.1 Å². The summed E-state index contributed by atoms with van der Waals surface area (Å²) in [5.41, 5.74) is 2.87. The number of nitrogens with one attached hydrogen (secondary N) is 2. The van der Waals surface area contributed by atoms with E-state index in [1.807, 2.05) is 35.2 Å². The number of aromatic nitrogens is 2. The van der Waals surface area contributed by atoms with Gasteiger partial charge in [0.1, 0.15) is 5.82 Å². The smallest absolute Gasteiger partial charge is 0.258 e. The molecule has 1 amide bonds. The number of aryl methyl sites for hydroxylation is 1. The molecule has 3 N–H and O–H groups in total. The van der Waals surface area contributed by atoms with Crippen LogP contribution in [0.2, 0.25) is 0 Å². The normalized spacial score (nSPS) is 10.6. The molecule has 7 heteroatoms. The van der Waals surface area contributed by atoms with E-state index < -0.39 is 0 Å². The fourth-order valence-corrected chi connectivity index (χ4v) is 3.33. The Kier molecular flexibility index (Phi) is 7.41. The van der Waals surface area contributed by atoms with Crippen LogP contribution in [0.5, 0.6) is 0 Å². The summed E-state index contributed by atoms with van der Waals surface area (Å²) in [4.78, 5) is 33.6. The average molecular weight is 418 g/mol. The summed E-state index contributed by atoms with van der Waals surface area (Å²) in [6.07, 6.45) is 6.97. The first-order valence-electron chi connectivity index (χ1n) is 10.2. The summed E-state index contributed by atoms with van der Waals surface area (Å²) in [7, 11) is 0. The third-order valence-electron chi connectivity index (χ3n) is 4.91. The van der Waals surface area contributed by atoms with Crippen molar-refractivity contribution in [2.75, 3.05) is 24.6 Å². The fourth-order valence-electron chi connectivity index (χ4n) is 3.33. The highest BCUT2D eigenvalue weighted by molar-refractivity contribution is 5.94. The van der Waals surface area contributed by atoms with Gasteiger partial charge in [-0.25, -0.2) is 4.98 Å². The summed E-state index contributed by atoms with van der Waals surface area (Å²) < 4.78 is 0. The van der Waals surface area contributed by atoms with Crippen LogP contribution in [0.3, 0.4) is 0 Å². The van der Waals surface area contributed by atoms with Crippen LogP contribution in [0, 0.1) is 19.3 Å². The van der Waals surface area contributed by atoms with Gasteiger partial charge in [-0.15, -0.1) is 6.42 Å². The molecule has 3 aromatic rings. The molecule has 2 aromatic carbocycles. The van der Waals surface area contributed by atoms with Crippen molar-refractivity contribution in [2.45, 2.75) is 26.3 Å². The van der Waals surface area contributed by atoms with Crippen molar-refractivity contribution >= 4 is 22.5 Å². The van der Waals surface area contributed by atoms with Crippen LogP contribution in [-0.4, -0.2) is 40.7 Å². The lowest BCUT2D eigenvalue weighted by Gasteiger charge is -2.23. The van der Waals surface area contributed by atoms with E-state index in [0.717, 1.165) is 17.7 Å². The molecule has 0 bridgehead atoms. The van der Waals surface area contributed by atoms with Crippen LogP contribution in [0.4, 0.5) is 5.69 Å². The van der Waals surface area contributed by atoms with Crippen molar-refractivity contribution in [2.24, 2.45) is 0 Å². The van der Waals surface area contributed by atoms with Gasteiger partial charge in [-0.2, -0.15) is 0 Å². The van der Waals surface area contributed by atoms with E-state index in [0.29, 0.717) is 48.3 Å². The van der Waals surface area contributed by atoms with Gasteiger partial charge >= 0.3 is 0 Å². The zero-order chi connectivity index (χ0) is 22.2. The molecule has 0 fully saturated rings. The topological polar surface area (TPSA) is 98.3 Å². The maximum absolute atomic E-state index is 12.3. The predicted octanol–water partition coefficient (Wildman–Crippen LogP) is 2.37. The first kappa shape index (κ1) is 22.1. The lowest BCUT2D eigenvalue weighted by Crippen LogP contribution is -2.25. The Morgan fingerprint density at radius 3 is 2.71 bits per heavy atom. The Morgan fingerprint density at radius 2 is 2.00 bits per heavy atom. The van der Waals surface area contributed by atoms with Crippen molar-refractivity contribution in [3.05, 3.63) is 69.8 Å². The first-order valence-corrected chi connectivity index (χ1v) is 10.2. The molecule has 0 aliphatic heterocycles. The summed E-state index contributed by atoms with van der Waals surface area (Å²) in [6, 6.07) is 12.9. The Balaban J connectivity index is 1.75. The number of H-pyrrole nitrogens is 1. The van der Waals surface area contributed by atoms with Crippen molar-refractivity contribution in [1.82, 2.24) is 15.3 Å². The molecule has 3 rings (SSSR count). The summed E-state index contributed by atoms with van der Waals surface area (Å²) >= 11 is 0. The zero-order valence-corrected chi connectivity index (χ0v) is 17.5. The second-order valence-corrected chi connectivity index (χ2v) is 7.30. The standard InChI is InChI=1S/C24H26N4O3/c1-3-13-28(16-18-6-11-22-21(15-18)24(31)27-17(2)26-22)20-9-7-19(8-10-20)23(30)25-12-4-5-14-29/h1,6-11,15,29H,4-5,12-14,16H2,2H3,(H,25,30)(H,26,27,31). The summed E-state index contributed by atoms with van der Waals surface area (Å²) in [6.45, 7) is 3.30. The molecule has 0 spiro atoms. The zero-order valence-electron chi connectivity index (χ0n) is 17.5. The maximum atomic E-state index is 12.3. The van der Waals surface area contributed by atoms with E-state index in [2.05, 4.69) is 21.2 Å². The second kappa shape index (κ2) is 10.4. The van der Waals surface area contributed by atoms with Gasteiger partial charge in [0.2, 0.25) is 0 Å². The van der Waals surface area contributed by atoms with E-state index in [-0.39, 0.29) is 18.1 Å². The molecule has 0 aliphatic carbocycles. The lowest BCUT2D eigenvalue weighted by molar-refractivity contribution is 0.0952. The number of benzene rings is 2. The van der Waals surface area contributed by atoms with Gasteiger partial charge in [0.25, 0.3) is 11.5 Å². The van der Waals surface area contributed by atoms with E-state index in [1.165, 1.54) is 0 Å². The quantitative estimate of drug-likeness (QED) is 0.366. The van der Waals surface area contributed by atoms with E-state index in [9.17, 15) is 9.59 Å². The van der Waals surface area contributed by atoms with Crippen LogP contribution in [0.1, 0.15) is 34.6 Å². The molecule has 0 saturated carbocycles. The van der Waals surface area contributed by atoms with Crippen LogP contribution < -0.4 is 15.8 Å². The maximum Gasteiger partial charge on any atom is 0.258 e. The van der Waals surface area contributed by atoms with Crippen molar-refractivity contribution in [3.63, 3.8) is 0 Å². The number of aromatic amines is 1. The monoisotopic (exact) mass is 418 g/mol. The third kappa shape index (κ3) is 5.71. The highest BCUT2D eigenvalue weighted by Gasteiger charge is 2.11. The number of hydrogen-bond acceptors (Lipinski definition) is 5. The molecule has 7 nitrogen and oxygen atoms in total. The number of anilines is 1. The molecule has 0 atom stereocenters. The van der Waals surface area contributed by atoms with Gasteiger partial charge in [-0.1, -0.05) is 12.0 Å². The van der Waals surface area contributed by atoms with Crippen LogP contribution in [0.25, 0.3) is 10.9 Å². The molecule has 0 unspecified atom stereocenters. The summed E-state index contributed by atoms with van der Waals surface area (Å²) in [5.74, 6) is 3.10.